The zero-order chi connectivity index (χ0) is 20.0. The van der Waals surface area contributed by atoms with Gasteiger partial charge in [-0.25, -0.2) is 0 Å². The van der Waals surface area contributed by atoms with E-state index in [2.05, 4.69) is 22.0 Å². The number of nitriles is 1. The summed E-state index contributed by atoms with van der Waals surface area (Å²) in [5, 5.41) is 30.8. The summed E-state index contributed by atoms with van der Waals surface area (Å²) in [4.78, 5) is 21.4. The van der Waals surface area contributed by atoms with Crippen LogP contribution in [0.4, 0.5) is 0 Å². The van der Waals surface area contributed by atoms with Gasteiger partial charge in [-0.15, -0.1) is 0 Å². The third-order valence-corrected chi connectivity index (χ3v) is 4.04. The number of rotatable bonds is 7. The van der Waals surface area contributed by atoms with Crippen LogP contribution in [0.25, 0.3) is 11.6 Å². The van der Waals surface area contributed by atoms with Crippen LogP contribution < -0.4 is 19.7 Å². The van der Waals surface area contributed by atoms with Crippen LogP contribution in [0.1, 0.15) is 21.5 Å². The number of aromatic carboxylic acids is 1. The van der Waals surface area contributed by atoms with E-state index in [1.165, 1.54) is 31.4 Å². The van der Waals surface area contributed by atoms with Crippen molar-refractivity contribution in [2.75, 3.05) is 13.7 Å². The molecule has 0 fully saturated rings. The monoisotopic (exact) mass is 429 g/mol. The van der Waals surface area contributed by atoms with Gasteiger partial charge in [0.25, 0.3) is 0 Å². The number of ether oxygens (including phenoxy) is 2. The lowest BCUT2D eigenvalue weighted by Crippen LogP contribution is -2.29. The average molecular weight is 430 g/mol. The Bertz CT molecular complexity index is 944. The van der Waals surface area contributed by atoms with Crippen molar-refractivity contribution in [1.82, 2.24) is 0 Å². The minimum atomic E-state index is -1.38. The first kappa shape index (κ1) is 20.0. The molecule has 2 aromatic carbocycles. The Morgan fingerprint density at radius 1 is 1.19 bits per heavy atom. The number of benzene rings is 2. The summed E-state index contributed by atoms with van der Waals surface area (Å²) in [5.41, 5.74) is 1.40. The zero-order valence-corrected chi connectivity index (χ0v) is 15.6. The van der Waals surface area contributed by atoms with Crippen molar-refractivity contribution in [1.29, 1.82) is 5.26 Å². The Morgan fingerprint density at radius 3 is 2.33 bits per heavy atom. The number of hydrogen-bond acceptors (Lipinski definition) is 7. The topological polar surface area (TPSA) is 123 Å². The van der Waals surface area contributed by atoms with Gasteiger partial charge in [-0.05, 0) is 50.8 Å². The molecule has 2 aromatic rings. The molecule has 27 heavy (non-hydrogen) atoms. The standard InChI is InChI=1S/C19H14BrNO6/c1-26-16-8-11(7-15(20)18(16)27-10-17(22)23)6-14(9-21)12-2-4-13(5-3-12)19(24)25/h2-8H,10H2,1H3,(H,22,23)(H,24,25)/p-2/b14-6-. The van der Waals surface area contributed by atoms with E-state index >= 15 is 0 Å². The van der Waals surface area contributed by atoms with E-state index < -0.39 is 18.5 Å². The molecule has 0 bridgehead atoms. The summed E-state index contributed by atoms with van der Waals surface area (Å²) < 4.78 is 10.8. The SMILES string of the molecule is COc1cc(/C=C(/C#N)c2ccc(C(=O)[O-])cc2)cc(Br)c1OCC(=O)[O-]. The maximum atomic E-state index is 10.8. The van der Waals surface area contributed by atoms with Gasteiger partial charge in [-0.3, -0.25) is 0 Å². The Hall–Kier alpha value is -3.31. The molecule has 2 rings (SSSR count). The molecule has 0 saturated carbocycles. The lowest BCUT2D eigenvalue weighted by molar-refractivity contribution is -0.307. The first-order valence-corrected chi connectivity index (χ1v) is 8.28. The second kappa shape index (κ2) is 8.87. The fourth-order valence-corrected chi connectivity index (χ4v) is 2.80. The van der Waals surface area contributed by atoms with E-state index in [9.17, 15) is 25.1 Å². The first-order valence-electron chi connectivity index (χ1n) is 7.49. The molecular formula is C19H12BrNO6-2. The molecule has 0 heterocycles. The number of carboxylic acid groups (broad SMARTS) is 2. The minimum Gasteiger partial charge on any atom is -0.546 e. The molecule has 7 nitrogen and oxygen atoms in total. The van der Waals surface area contributed by atoms with E-state index in [0.29, 0.717) is 15.6 Å². The molecule has 0 aromatic heterocycles. The van der Waals surface area contributed by atoms with Crippen molar-refractivity contribution in [3.8, 4) is 17.6 Å². The van der Waals surface area contributed by atoms with E-state index in [-0.39, 0.29) is 22.6 Å². The second-order valence-electron chi connectivity index (χ2n) is 5.23. The maximum Gasteiger partial charge on any atom is 0.175 e. The van der Waals surface area contributed by atoms with Crippen LogP contribution in [0.2, 0.25) is 0 Å². The Labute approximate surface area is 163 Å². The Kier molecular flexibility index (Phi) is 6.57. The number of carbonyl (C=O) groups is 2. The van der Waals surface area contributed by atoms with Crippen molar-refractivity contribution >= 4 is 39.5 Å². The van der Waals surface area contributed by atoms with Gasteiger partial charge in [0.15, 0.2) is 11.5 Å². The minimum absolute atomic E-state index is 0.00914. The molecule has 0 aliphatic rings. The highest BCUT2D eigenvalue weighted by atomic mass is 79.9. The third-order valence-electron chi connectivity index (χ3n) is 3.45. The van der Waals surface area contributed by atoms with Gasteiger partial charge >= 0.3 is 0 Å². The van der Waals surface area contributed by atoms with Gasteiger partial charge < -0.3 is 29.3 Å². The van der Waals surface area contributed by atoms with Crippen LogP contribution in [0.15, 0.2) is 40.9 Å². The van der Waals surface area contributed by atoms with Crippen LogP contribution in [-0.2, 0) is 4.79 Å². The summed E-state index contributed by atoms with van der Waals surface area (Å²) in [5.74, 6) is -2.22. The van der Waals surface area contributed by atoms with Gasteiger partial charge in [0.2, 0.25) is 0 Å². The molecule has 138 valence electrons. The van der Waals surface area contributed by atoms with Gasteiger partial charge in [-0.1, -0.05) is 24.3 Å². The number of halogens is 1. The number of hydrogen-bond donors (Lipinski definition) is 0. The Balaban J connectivity index is 2.40. The predicted molar refractivity (Wildman–Crippen MR) is 95.5 cm³/mol. The average Bonchev–Trinajstić information content (AvgIpc) is 2.64. The molecule has 0 atom stereocenters. The summed E-state index contributed by atoms with van der Waals surface area (Å²) in [6.45, 7) is -0.641. The smallest absolute Gasteiger partial charge is 0.175 e. The molecule has 0 radical (unpaired) electrons. The quantitative estimate of drug-likeness (QED) is 0.475. The predicted octanol–water partition coefficient (Wildman–Crippen LogP) is 1.01. The normalized spacial score (nSPS) is 10.8. The lowest BCUT2D eigenvalue weighted by atomic mass is 10.0. The number of carboxylic acids is 2. The van der Waals surface area contributed by atoms with Crippen molar-refractivity contribution in [2.24, 2.45) is 0 Å². The van der Waals surface area contributed by atoms with Crippen LogP contribution in [0.5, 0.6) is 11.5 Å². The largest absolute Gasteiger partial charge is 0.546 e. The fourth-order valence-electron chi connectivity index (χ4n) is 2.23. The van der Waals surface area contributed by atoms with Crippen LogP contribution in [0.3, 0.4) is 0 Å². The number of carbonyl (C=O) groups excluding carboxylic acids is 2. The van der Waals surface area contributed by atoms with Crippen molar-refractivity contribution in [3.63, 3.8) is 0 Å². The highest BCUT2D eigenvalue weighted by molar-refractivity contribution is 9.10. The second-order valence-corrected chi connectivity index (χ2v) is 6.08. The molecule has 0 spiro atoms. The van der Waals surface area contributed by atoms with Gasteiger partial charge in [0.05, 0.1) is 35.2 Å². The van der Waals surface area contributed by atoms with Crippen LogP contribution >= 0.6 is 15.9 Å². The number of methoxy groups -OCH3 is 1. The number of allylic oxidation sites excluding steroid dienone is 1. The van der Waals surface area contributed by atoms with Crippen molar-refractivity contribution in [2.45, 2.75) is 0 Å². The molecule has 0 saturated heterocycles. The Morgan fingerprint density at radius 2 is 1.81 bits per heavy atom. The summed E-state index contributed by atoms with van der Waals surface area (Å²) in [6, 6.07) is 11.0. The highest BCUT2D eigenvalue weighted by Gasteiger charge is 2.12. The summed E-state index contributed by atoms with van der Waals surface area (Å²) in [7, 11) is 1.39. The van der Waals surface area contributed by atoms with Crippen molar-refractivity contribution < 1.29 is 29.3 Å². The molecule has 0 aliphatic carbocycles. The zero-order valence-electron chi connectivity index (χ0n) is 14.0. The third kappa shape index (κ3) is 5.09. The van der Waals surface area contributed by atoms with Crippen molar-refractivity contribution in [3.05, 3.63) is 57.6 Å². The molecule has 0 unspecified atom stereocenters. The van der Waals surface area contributed by atoms with Crippen LogP contribution in [-0.4, -0.2) is 25.7 Å². The number of nitrogens with zero attached hydrogens (tertiary/aromatic N) is 1. The highest BCUT2D eigenvalue weighted by Crippen LogP contribution is 2.37. The van der Waals surface area contributed by atoms with E-state index in [1.54, 1.807) is 18.2 Å². The van der Waals surface area contributed by atoms with Crippen LogP contribution in [0, 0.1) is 11.3 Å². The van der Waals surface area contributed by atoms with E-state index in [0.717, 1.165) is 0 Å². The lowest BCUT2D eigenvalue weighted by Gasteiger charge is -2.14. The molecule has 0 N–H and O–H groups in total. The first-order chi connectivity index (χ1) is 12.8. The number of aliphatic carboxylic acids is 1. The molecular weight excluding hydrogens is 418 g/mol. The van der Waals surface area contributed by atoms with Gasteiger partial charge in [-0.2, -0.15) is 5.26 Å². The molecule has 8 heteroatoms. The molecule has 0 aliphatic heterocycles. The van der Waals surface area contributed by atoms with Gasteiger partial charge in [0, 0.05) is 0 Å². The maximum absolute atomic E-state index is 10.8. The fraction of sp³-hybridized carbons (Fsp3) is 0.105. The van der Waals surface area contributed by atoms with E-state index in [1.807, 2.05) is 0 Å². The molecule has 0 amide bonds. The van der Waals surface area contributed by atoms with E-state index in [4.69, 9.17) is 9.47 Å². The summed E-state index contributed by atoms with van der Waals surface area (Å²) >= 11 is 3.28. The summed E-state index contributed by atoms with van der Waals surface area (Å²) in [6.07, 6.45) is 1.57. The van der Waals surface area contributed by atoms with Gasteiger partial charge in [0.1, 0.15) is 6.61 Å².